The second-order valence-electron chi connectivity index (χ2n) is 6.83. The summed E-state index contributed by atoms with van der Waals surface area (Å²) in [7, 11) is 0. The molecule has 134 valence electrons. The first-order valence-corrected chi connectivity index (χ1v) is 8.31. The van der Waals surface area contributed by atoms with Crippen molar-refractivity contribution in [3.8, 4) is 22.5 Å². The fraction of sp³-hybridized carbons (Fsp3) is 0.263. The highest BCUT2D eigenvalue weighted by Crippen LogP contribution is 2.29. The Morgan fingerprint density at radius 2 is 1.77 bits per heavy atom. The first kappa shape index (κ1) is 17.6. The Morgan fingerprint density at radius 1 is 1.08 bits per heavy atom. The number of hydrogen-bond donors (Lipinski definition) is 2. The van der Waals surface area contributed by atoms with E-state index in [1.54, 1.807) is 0 Å². The minimum atomic E-state index is -0.507. The summed E-state index contributed by atoms with van der Waals surface area (Å²) in [5.74, 6) is 0.552. The Balaban J connectivity index is 1.72. The van der Waals surface area contributed by atoms with Crippen LogP contribution in [0, 0.1) is 0 Å². The molecular formula is C19H21N5O2. The summed E-state index contributed by atoms with van der Waals surface area (Å²) >= 11 is 0. The van der Waals surface area contributed by atoms with Crippen LogP contribution in [-0.4, -0.2) is 32.3 Å². The number of rotatable bonds is 4. The zero-order chi connectivity index (χ0) is 18.6. The normalized spacial score (nSPS) is 11.2. The Bertz CT molecular complexity index is 868. The number of tetrazole rings is 1. The zero-order valence-electron chi connectivity index (χ0n) is 15.0. The molecule has 3 aromatic rings. The molecular weight excluding hydrogens is 330 g/mol. The highest BCUT2D eigenvalue weighted by atomic mass is 16.6. The summed E-state index contributed by atoms with van der Waals surface area (Å²) in [5, 5.41) is 17.0. The number of nitrogens with one attached hydrogen (secondary N) is 2. The molecule has 26 heavy (non-hydrogen) atoms. The van der Waals surface area contributed by atoms with Gasteiger partial charge in [0.05, 0.1) is 0 Å². The quantitative estimate of drug-likeness (QED) is 0.750. The van der Waals surface area contributed by atoms with E-state index in [9.17, 15) is 4.79 Å². The standard InChI is InChI=1S/C19H21N5O2/c1-19(2,3)26-18(25)20-12-13-8-10-14(11-9-13)15-6-4-5-7-16(15)17-21-23-24-22-17/h4-11H,12H2,1-3H3,(H,20,25)(H,21,22,23,24). The first-order valence-electron chi connectivity index (χ1n) is 8.31. The molecule has 2 N–H and O–H groups in total. The number of ether oxygens (including phenoxy) is 1. The average Bonchev–Trinajstić information content (AvgIpc) is 3.13. The van der Waals surface area contributed by atoms with Crippen molar-refractivity contribution in [2.45, 2.75) is 32.9 Å². The number of aromatic amines is 1. The molecule has 0 bridgehead atoms. The van der Waals surface area contributed by atoms with E-state index >= 15 is 0 Å². The second kappa shape index (κ2) is 7.35. The number of benzene rings is 2. The second-order valence-corrected chi connectivity index (χ2v) is 6.83. The monoisotopic (exact) mass is 351 g/mol. The van der Waals surface area contributed by atoms with E-state index in [0.29, 0.717) is 12.4 Å². The average molecular weight is 351 g/mol. The van der Waals surface area contributed by atoms with Gasteiger partial charge < -0.3 is 10.1 Å². The molecule has 0 aliphatic rings. The highest BCUT2D eigenvalue weighted by Gasteiger charge is 2.15. The van der Waals surface area contributed by atoms with Crippen LogP contribution in [0.3, 0.4) is 0 Å². The summed E-state index contributed by atoms with van der Waals surface area (Å²) in [6.45, 7) is 5.91. The van der Waals surface area contributed by atoms with Gasteiger partial charge in [-0.2, -0.15) is 5.21 Å². The molecule has 0 aliphatic carbocycles. The van der Waals surface area contributed by atoms with Gasteiger partial charge in [-0.15, -0.1) is 10.2 Å². The summed E-state index contributed by atoms with van der Waals surface area (Å²) < 4.78 is 5.24. The van der Waals surface area contributed by atoms with Gasteiger partial charge in [0.25, 0.3) is 0 Å². The van der Waals surface area contributed by atoms with Crippen LogP contribution in [-0.2, 0) is 11.3 Å². The molecule has 0 atom stereocenters. The summed E-state index contributed by atoms with van der Waals surface area (Å²) in [4.78, 5) is 11.7. The maximum Gasteiger partial charge on any atom is 0.407 e. The lowest BCUT2D eigenvalue weighted by Gasteiger charge is -2.19. The molecule has 7 nitrogen and oxygen atoms in total. The molecule has 1 heterocycles. The lowest BCUT2D eigenvalue weighted by atomic mass is 9.98. The Kier molecular flexibility index (Phi) is 4.97. The van der Waals surface area contributed by atoms with Crippen molar-refractivity contribution in [2.75, 3.05) is 0 Å². The summed E-state index contributed by atoms with van der Waals surface area (Å²) in [5.41, 5.74) is 3.43. The van der Waals surface area contributed by atoms with Gasteiger partial charge in [-0.3, -0.25) is 0 Å². The molecule has 0 radical (unpaired) electrons. The Morgan fingerprint density at radius 3 is 2.38 bits per heavy atom. The van der Waals surface area contributed by atoms with Crippen LogP contribution in [0.2, 0.25) is 0 Å². The van der Waals surface area contributed by atoms with Crippen LogP contribution >= 0.6 is 0 Å². The van der Waals surface area contributed by atoms with Crippen molar-refractivity contribution < 1.29 is 9.53 Å². The van der Waals surface area contributed by atoms with Crippen LogP contribution in [0.1, 0.15) is 26.3 Å². The molecule has 0 aliphatic heterocycles. The molecule has 0 unspecified atom stereocenters. The minimum absolute atomic E-state index is 0.404. The maximum atomic E-state index is 11.7. The number of aromatic nitrogens is 4. The third-order valence-corrected chi connectivity index (χ3v) is 3.61. The molecule has 0 saturated heterocycles. The maximum absolute atomic E-state index is 11.7. The number of nitrogens with zero attached hydrogens (tertiary/aromatic N) is 3. The van der Waals surface area contributed by atoms with E-state index in [4.69, 9.17) is 4.74 Å². The molecule has 1 aromatic heterocycles. The summed E-state index contributed by atoms with van der Waals surface area (Å²) in [6, 6.07) is 15.8. The Labute approximate surface area is 151 Å². The number of alkyl carbamates (subject to hydrolysis) is 1. The van der Waals surface area contributed by atoms with Crippen molar-refractivity contribution in [1.29, 1.82) is 0 Å². The van der Waals surface area contributed by atoms with E-state index < -0.39 is 11.7 Å². The van der Waals surface area contributed by atoms with E-state index in [1.165, 1.54) is 0 Å². The predicted molar refractivity (Wildman–Crippen MR) is 98.1 cm³/mol. The number of hydrogen-bond acceptors (Lipinski definition) is 5. The fourth-order valence-corrected chi connectivity index (χ4v) is 2.50. The molecule has 3 rings (SSSR count). The van der Waals surface area contributed by atoms with Crippen LogP contribution in [0.4, 0.5) is 4.79 Å². The topological polar surface area (TPSA) is 92.8 Å². The summed E-state index contributed by atoms with van der Waals surface area (Å²) in [6.07, 6.45) is -0.427. The Hall–Kier alpha value is -3.22. The smallest absolute Gasteiger partial charge is 0.407 e. The van der Waals surface area contributed by atoms with Gasteiger partial charge in [0.2, 0.25) is 5.82 Å². The number of carbonyl (C=O) groups is 1. The SMILES string of the molecule is CC(C)(C)OC(=O)NCc1ccc(-c2ccccc2-c2nn[nH]n2)cc1. The van der Waals surface area contributed by atoms with Crippen molar-refractivity contribution >= 4 is 6.09 Å². The highest BCUT2D eigenvalue weighted by molar-refractivity contribution is 5.80. The van der Waals surface area contributed by atoms with Crippen LogP contribution < -0.4 is 5.32 Å². The third-order valence-electron chi connectivity index (χ3n) is 3.61. The van der Waals surface area contributed by atoms with Gasteiger partial charge in [-0.25, -0.2) is 4.79 Å². The van der Waals surface area contributed by atoms with E-state index in [2.05, 4.69) is 25.9 Å². The molecule has 0 spiro atoms. The third kappa shape index (κ3) is 4.44. The van der Waals surface area contributed by atoms with Crippen molar-refractivity contribution in [3.05, 3.63) is 54.1 Å². The molecule has 0 fully saturated rings. The molecule has 1 amide bonds. The first-order chi connectivity index (χ1) is 12.4. The van der Waals surface area contributed by atoms with Crippen molar-refractivity contribution in [2.24, 2.45) is 0 Å². The van der Waals surface area contributed by atoms with E-state index in [-0.39, 0.29) is 0 Å². The lowest BCUT2D eigenvalue weighted by molar-refractivity contribution is 0.0523. The number of amides is 1. The van der Waals surface area contributed by atoms with Gasteiger partial charge >= 0.3 is 6.09 Å². The lowest BCUT2D eigenvalue weighted by Crippen LogP contribution is -2.32. The van der Waals surface area contributed by atoms with E-state index in [1.807, 2.05) is 69.3 Å². The van der Waals surface area contributed by atoms with Gasteiger partial charge in [0.15, 0.2) is 0 Å². The van der Waals surface area contributed by atoms with Crippen LogP contribution in [0.5, 0.6) is 0 Å². The van der Waals surface area contributed by atoms with Crippen molar-refractivity contribution in [3.63, 3.8) is 0 Å². The fourth-order valence-electron chi connectivity index (χ4n) is 2.50. The van der Waals surface area contributed by atoms with Gasteiger partial charge in [-0.1, -0.05) is 48.5 Å². The number of carbonyl (C=O) groups excluding carboxylic acids is 1. The van der Waals surface area contributed by atoms with Crippen LogP contribution in [0.25, 0.3) is 22.5 Å². The largest absolute Gasteiger partial charge is 0.444 e. The van der Waals surface area contributed by atoms with Gasteiger partial charge in [-0.05, 0) is 42.7 Å². The van der Waals surface area contributed by atoms with Crippen molar-refractivity contribution in [1.82, 2.24) is 25.9 Å². The zero-order valence-corrected chi connectivity index (χ0v) is 15.0. The predicted octanol–water partition coefficient (Wildman–Crippen LogP) is 3.56. The van der Waals surface area contributed by atoms with Gasteiger partial charge in [0.1, 0.15) is 5.60 Å². The molecule has 2 aromatic carbocycles. The number of H-pyrrole nitrogens is 1. The van der Waals surface area contributed by atoms with E-state index in [0.717, 1.165) is 22.3 Å². The molecule has 0 saturated carbocycles. The molecule has 7 heteroatoms. The van der Waals surface area contributed by atoms with Gasteiger partial charge in [0, 0.05) is 12.1 Å². The minimum Gasteiger partial charge on any atom is -0.444 e. The van der Waals surface area contributed by atoms with Crippen LogP contribution in [0.15, 0.2) is 48.5 Å².